The van der Waals surface area contributed by atoms with Crippen molar-refractivity contribution in [2.45, 2.75) is 6.92 Å². The maximum atomic E-state index is 5.64. The Balaban J connectivity index is 2.74. The standard InChI is InChI=1S/C10H17N3S/c1-8-6-9(11)7-12-10(8)13(2)4-5-14-3/h6-7H,4-5,11H2,1-3H3. The molecule has 0 aliphatic rings. The van der Waals surface area contributed by atoms with E-state index >= 15 is 0 Å². The lowest BCUT2D eigenvalue weighted by Gasteiger charge is -2.19. The average Bonchev–Trinajstić information content (AvgIpc) is 2.14. The van der Waals surface area contributed by atoms with Crippen LogP contribution in [0.1, 0.15) is 5.56 Å². The van der Waals surface area contributed by atoms with Gasteiger partial charge >= 0.3 is 0 Å². The van der Waals surface area contributed by atoms with E-state index in [-0.39, 0.29) is 0 Å². The van der Waals surface area contributed by atoms with Crippen molar-refractivity contribution in [3.05, 3.63) is 17.8 Å². The van der Waals surface area contributed by atoms with Crippen LogP contribution < -0.4 is 10.6 Å². The highest BCUT2D eigenvalue weighted by atomic mass is 32.2. The van der Waals surface area contributed by atoms with Crippen LogP contribution >= 0.6 is 11.8 Å². The van der Waals surface area contributed by atoms with Crippen molar-refractivity contribution in [2.24, 2.45) is 0 Å². The fraction of sp³-hybridized carbons (Fsp3) is 0.500. The fourth-order valence-electron chi connectivity index (χ4n) is 1.32. The van der Waals surface area contributed by atoms with E-state index in [1.807, 2.05) is 24.8 Å². The SMILES string of the molecule is CSCCN(C)c1ncc(N)cc1C. The van der Waals surface area contributed by atoms with Gasteiger partial charge in [0.05, 0.1) is 11.9 Å². The van der Waals surface area contributed by atoms with Gasteiger partial charge in [0.25, 0.3) is 0 Å². The van der Waals surface area contributed by atoms with E-state index in [1.165, 1.54) is 0 Å². The third-order valence-electron chi connectivity index (χ3n) is 2.06. The summed E-state index contributed by atoms with van der Waals surface area (Å²) >= 11 is 1.84. The van der Waals surface area contributed by atoms with Gasteiger partial charge in [-0.2, -0.15) is 11.8 Å². The molecule has 0 atom stereocenters. The number of hydrogen-bond acceptors (Lipinski definition) is 4. The molecule has 0 aromatic carbocycles. The molecule has 1 rings (SSSR count). The lowest BCUT2D eigenvalue weighted by molar-refractivity contribution is 0.938. The van der Waals surface area contributed by atoms with Gasteiger partial charge in [0.1, 0.15) is 5.82 Å². The fourth-order valence-corrected chi connectivity index (χ4v) is 1.78. The summed E-state index contributed by atoms with van der Waals surface area (Å²) in [5.41, 5.74) is 7.50. The minimum absolute atomic E-state index is 0.726. The highest BCUT2D eigenvalue weighted by molar-refractivity contribution is 7.98. The van der Waals surface area contributed by atoms with Crippen LogP contribution in [0.5, 0.6) is 0 Å². The second kappa shape index (κ2) is 5.10. The molecule has 0 aliphatic heterocycles. The van der Waals surface area contributed by atoms with Gasteiger partial charge in [-0.25, -0.2) is 4.98 Å². The molecule has 78 valence electrons. The van der Waals surface area contributed by atoms with Crippen LogP contribution in [-0.4, -0.2) is 30.6 Å². The van der Waals surface area contributed by atoms with Gasteiger partial charge in [-0.05, 0) is 24.8 Å². The van der Waals surface area contributed by atoms with Gasteiger partial charge in [0.15, 0.2) is 0 Å². The van der Waals surface area contributed by atoms with E-state index in [9.17, 15) is 0 Å². The number of rotatable bonds is 4. The first kappa shape index (κ1) is 11.2. The topological polar surface area (TPSA) is 42.2 Å². The Morgan fingerprint density at radius 1 is 1.57 bits per heavy atom. The summed E-state index contributed by atoms with van der Waals surface area (Å²) in [4.78, 5) is 6.48. The second-order valence-electron chi connectivity index (χ2n) is 3.32. The van der Waals surface area contributed by atoms with Gasteiger partial charge in [0, 0.05) is 19.3 Å². The summed E-state index contributed by atoms with van der Waals surface area (Å²) in [6.07, 6.45) is 3.81. The minimum atomic E-state index is 0.726. The Morgan fingerprint density at radius 2 is 2.29 bits per heavy atom. The smallest absolute Gasteiger partial charge is 0.131 e. The van der Waals surface area contributed by atoms with Gasteiger partial charge < -0.3 is 10.6 Å². The number of aryl methyl sites for hydroxylation is 1. The van der Waals surface area contributed by atoms with Crippen LogP contribution in [0.15, 0.2) is 12.3 Å². The molecule has 0 amide bonds. The average molecular weight is 211 g/mol. The normalized spacial score (nSPS) is 10.2. The van der Waals surface area contributed by atoms with E-state index in [0.29, 0.717) is 0 Å². The molecule has 1 aromatic rings. The molecule has 0 aliphatic carbocycles. The number of nitrogen functional groups attached to an aromatic ring is 1. The van der Waals surface area contributed by atoms with Crippen molar-refractivity contribution < 1.29 is 0 Å². The Bertz CT molecular complexity index is 301. The molecular weight excluding hydrogens is 194 g/mol. The lowest BCUT2D eigenvalue weighted by atomic mass is 10.2. The first-order chi connectivity index (χ1) is 6.65. The van der Waals surface area contributed by atoms with Crippen LogP contribution in [0.2, 0.25) is 0 Å². The zero-order valence-corrected chi connectivity index (χ0v) is 9.77. The molecular formula is C10H17N3S. The van der Waals surface area contributed by atoms with E-state index in [4.69, 9.17) is 5.73 Å². The zero-order valence-electron chi connectivity index (χ0n) is 8.95. The summed E-state index contributed by atoms with van der Waals surface area (Å²) < 4.78 is 0. The molecule has 0 fully saturated rings. The number of nitrogens with zero attached hydrogens (tertiary/aromatic N) is 2. The van der Waals surface area contributed by atoms with E-state index < -0.39 is 0 Å². The summed E-state index contributed by atoms with van der Waals surface area (Å²) in [6, 6.07) is 1.96. The third-order valence-corrected chi connectivity index (χ3v) is 2.65. The van der Waals surface area contributed by atoms with Crippen molar-refractivity contribution >= 4 is 23.3 Å². The van der Waals surface area contributed by atoms with Crippen molar-refractivity contribution in [3.63, 3.8) is 0 Å². The third kappa shape index (κ3) is 2.80. The molecule has 0 spiro atoms. The number of nitrogens with two attached hydrogens (primary N) is 1. The van der Waals surface area contributed by atoms with Crippen LogP contribution in [0, 0.1) is 6.92 Å². The molecule has 0 saturated carbocycles. The molecule has 1 heterocycles. The van der Waals surface area contributed by atoms with Crippen LogP contribution in [-0.2, 0) is 0 Å². The summed E-state index contributed by atoms with van der Waals surface area (Å²) in [6.45, 7) is 3.05. The van der Waals surface area contributed by atoms with Crippen molar-refractivity contribution in [1.82, 2.24) is 4.98 Å². The van der Waals surface area contributed by atoms with Gasteiger partial charge in [-0.3, -0.25) is 0 Å². The molecule has 0 bridgehead atoms. The maximum absolute atomic E-state index is 5.64. The highest BCUT2D eigenvalue weighted by Gasteiger charge is 2.05. The number of pyridine rings is 1. The summed E-state index contributed by atoms with van der Waals surface area (Å²) in [5.74, 6) is 2.13. The Hall–Kier alpha value is -0.900. The van der Waals surface area contributed by atoms with Crippen molar-refractivity contribution in [3.8, 4) is 0 Å². The molecule has 2 N–H and O–H groups in total. The lowest BCUT2D eigenvalue weighted by Crippen LogP contribution is -2.22. The Labute approximate surface area is 89.7 Å². The first-order valence-corrected chi connectivity index (χ1v) is 5.96. The number of thioether (sulfide) groups is 1. The predicted octanol–water partition coefficient (Wildman–Crippen LogP) is 1.77. The van der Waals surface area contributed by atoms with E-state index in [2.05, 4.69) is 23.2 Å². The van der Waals surface area contributed by atoms with Crippen LogP contribution in [0.3, 0.4) is 0 Å². The summed E-state index contributed by atoms with van der Waals surface area (Å²) in [5, 5.41) is 0. The molecule has 4 heteroatoms. The molecule has 14 heavy (non-hydrogen) atoms. The molecule has 1 aromatic heterocycles. The highest BCUT2D eigenvalue weighted by Crippen LogP contribution is 2.17. The Morgan fingerprint density at radius 3 is 2.86 bits per heavy atom. The van der Waals surface area contributed by atoms with Crippen LogP contribution in [0.4, 0.5) is 11.5 Å². The maximum Gasteiger partial charge on any atom is 0.131 e. The summed E-state index contributed by atoms with van der Waals surface area (Å²) in [7, 11) is 2.06. The Kier molecular flexibility index (Phi) is 4.07. The second-order valence-corrected chi connectivity index (χ2v) is 4.31. The van der Waals surface area contributed by atoms with Crippen LogP contribution in [0.25, 0.3) is 0 Å². The van der Waals surface area contributed by atoms with E-state index in [0.717, 1.165) is 29.4 Å². The number of anilines is 2. The monoisotopic (exact) mass is 211 g/mol. The number of aromatic nitrogens is 1. The quantitative estimate of drug-likeness (QED) is 0.824. The molecule has 0 saturated heterocycles. The molecule has 0 radical (unpaired) electrons. The predicted molar refractivity (Wildman–Crippen MR) is 65.0 cm³/mol. The van der Waals surface area contributed by atoms with Gasteiger partial charge in [-0.15, -0.1) is 0 Å². The largest absolute Gasteiger partial charge is 0.397 e. The van der Waals surface area contributed by atoms with Gasteiger partial charge in [0.2, 0.25) is 0 Å². The van der Waals surface area contributed by atoms with Crippen molar-refractivity contribution in [2.75, 3.05) is 36.2 Å². The molecule has 0 unspecified atom stereocenters. The van der Waals surface area contributed by atoms with E-state index in [1.54, 1.807) is 6.20 Å². The van der Waals surface area contributed by atoms with Crippen molar-refractivity contribution in [1.29, 1.82) is 0 Å². The minimum Gasteiger partial charge on any atom is -0.397 e. The van der Waals surface area contributed by atoms with Gasteiger partial charge in [-0.1, -0.05) is 0 Å². The number of hydrogen-bond donors (Lipinski definition) is 1. The zero-order chi connectivity index (χ0) is 10.6. The molecule has 3 nitrogen and oxygen atoms in total. The first-order valence-electron chi connectivity index (χ1n) is 4.57.